The maximum Gasteiger partial charge on any atom is 0.243 e. The third-order valence-electron chi connectivity index (χ3n) is 4.74. The standard InChI is InChI=1S/C21H28N2O5S/c1-15-9-7-8-10-18(15)23(29(6,25)26)14-21(24)22(3)13-17-12-20(28-5)19(27-4)11-16(17)2/h7-12H,13-14H2,1-6H3. The van der Waals surface area contributed by atoms with Crippen LogP contribution < -0.4 is 13.8 Å². The molecule has 158 valence electrons. The highest BCUT2D eigenvalue weighted by atomic mass is 32.2. The lowest BCUT2D eigenvalue weighted by Gasteiger charge is -2.26. The van der Waals surface area contributed by atoms with Crippen molar-refractivity contribution in [3.05, 3.63) is 53.1 Å². The number of aryl methyl sites for hydroxylation is 2. The molecule has 0 fully saturated rings. The molecule has 0 aromatic heterocycles. The number of sulfonamides is 1. The summed E-state index contributed by atoms with van der Waals surface area (Å²) in [4.78, 5) is 14.3. The van der Waals surface area contributed by atoms with Gasteiger partial charge in [0, 0.05) is 13.6 Å². The first-order valence-corrected chi connectivity index (χ1v) is 10.9. The van der Waals surface area contributed by atoms with Crippen LogP contribution >= 0.6 is 0 Å². The number of hydrogen-bond donors (Lipinski definition) is 0. The molecule has 2 aromatic rings. The van der Waals surface area contributed by atoms with Crippen molar-refractivity contribution in [1.82, 2.24) is 4.90 Å². The van der Waals surface area contributed by atoms with Crippen molar-refractivity contribution in [3.8, 4) is 11.5 Å². The van der Waals surface area contributed by atoms with Gasteiger partial charge in [-0.3, -0.25) is 9.10 Å². The number of rotatable bonds is 8. The molecule has 8 heteroatoms. The molecule has 0 N–H and O–H groups in total. The SMILES string of the molecule is COc1cc(C)c(CN(C)C(=O)CN(c2ccccc2C)S(C)(=O)=O)cc1OC. The van der Waals surface area contributed by atoms with Gasteiger partial charge in [0.25, 0.3) is 0 Å². The van der Waals surface area contributed by atoms with E-state index in [0.29, 0.717) is 23.7 Å². The van der Waals surface area contributed by atoms with E-state index in [4.69, 9.17) is 9.47 Å². The highest BCUT2D eigenvalue weighted by molar-refractivity contribution is 7.92. The molecule has 0 bridgehead atoms. The van der Waals surface area contributed by atoms with Crippen molar-refractivity contribution >= 4 is 21.6 Å². The van der Waals surface area contributed by atoms with Gasteiger partial charge in [0.05, 0.1) is 26.2 Å². The fourth-order valence-electron chi connectivity index (χ4n) is 3.00. The predicted octanol–water partition coefficient (Wildman–Crippen LogP) is 2.75. The third kappa shape index (κ3) is 5.41. The Morgan fingerprint density at radius 1 is 1.00 bits per heavy atom. The summed E-state index contributed by atoms with van der Waals surface area (Å²) in [7, 11) is 1.15. The Hall–Kier alpha value is -2.74. The molecule has 0 unspecified atom stereocenters. The van der Waals surface area contributed by atoms with Gasteiger partial charge in [0.15, 0.2) is 11.5 Å². The second-order valence-corrected chi connectivity index (χ2v) is 8.85. The van der Waals surface area contributed by atoms with E-state index < -0.39 is 10.0 Å². The van der Waals surface area contributed by atoms with Gasteiger partial charge in [-0.1, -0.05) is 18.2 Å². The number of nitrogens with zero attached hydrogens (tertiary/aromatic N) is 2. The van der Waals surface area contributed by atoms with Crippen molar-refractivity contribution in [1.29, 1.82) is 0 Å². The van der Waals surface area contributed by atoms with Crippen LogP contribution in [-0.4, -0.2) is 53.3 Å². The Morgan fingerprint density at radius 2 is 1.59 bits per heavy atom. The monoisotopic (exact) mass is 420 g/mol. The maximum atomic E-state index is 12.8. The first kappa shape index (κ1) is 22.5. The summed E-state index contributed by atoms with van der Waals surface area (Å²) in [6.45, 7) is 3.78. The molecule has 1 amide bonds. The summed E-state index contributed by atoms with van der Waals surface area (Å²) < 4.78 is 36.4. The van der Waals surface area contributed by atoms with Gasteiger partial charge in [0.1, 0.15) is 6.54 Å². The Morgan fingerprint density at radius 3 is 2.14 bits per heavy atom. The zero-order valence-corrected chi connectivity index (χ0v) is 18.5. The molecule has 0 saturated heterocycles. The topological polar surface area (TPSA) is 76.2 Å². The van der Waals surface area contributed by atoms with Gasteiger partial charge < -0.3 is 14.4 Å². The number of carbonyl (C=O) groups excluding carboxylic acids is 1. The first-order valence-electron chi connectivity index (χ1n) is 9.07. The number of amides is 1. The average molecular weight is 421 g/mol. The van der Waals surface area contributed by atoms with Crippen LogP contribution in [0.25, 0.3) is 0 Å². The molecule has 0 saturated carbocycles. The number of ether oxygens (including phenoxy) is 2. The largest absolute Gasteiger partial charge is 0.493 e. The third-order valence-corrected chi connectivity index (χ3v) is 5.87. The van der Waals surface area contributed by atoms with Gasteiger partial charge in [-0.05, 0) is 48.7 Å². The van der Waals surface area contributed by atoms with Crippen molar-refractivity contribution in [2.45, 2.75) is 20.4 Å². The normalized spacial score (nSPS) is 11.1. The Balaban J connectivity index is 2.24. The fourth-order valence-corrected chi connectivity index (χ4v) is 3.91. The van der Waals surface area contributed by atoms with Crippen LogP contribution in [0.5, 0.6) is 11.5 Å². The number of likely N-dealkylation sites (N-methyl/N-ethyl adjacent to an activating group) is 1. The lowest BCUT2D eigenvalue weighted by atomic mass is 10.1. The number of anilines is 1. The van der Waals surface area contributed by atoms with Crippen molar-refractivity contribution < 1.29 is 22.7 Å². The molecule has 2 aromatic carbocycles. The zero-order chi connectivity index (χ0) is 21.8. The summed E-state index contributed by atoms with van der Waals surface area (Å²) in [5, 5.41) is 0. The first-order chi connectivity index (χ1) is 13.6. The Labute approximate surface area is 172 Å². The van der Waals surface area contributed by atoms with Gasteiger partial charge in [-0.25, -0.2) is 8.42 Å². The van der Waals surface area contributed by atoms with Crippen LogP contribution in [0.4, 0.5) is 5.69 Å². The van der Waals surface area contributed by atoms with Crippen LogP contribution in [0.15, 0.2) is 36.4 Å². The average Bonchev–Trinajstić information content (AvgIpc) is 2.66. The lowest BCUT2D eigenvalue weighted by molar-refractivity contribution is -0.128. The molecule has 0 aliphatic carbocycles. The van der Waals surface area contributed by atoms with Crippen LogP contribution in [0.1, 0.15) is 16.7 Å². The minimum Gasteiger partial charge on any atom is -0.493 e. The smallest absolute Gasteiger partial charge is 0.243 e. The summed E-state index contributed by atoms with van der Waals surface area (Å²) in [5.74, 6) is 0.880. The number of para-hydroxylation sites is 1. The lowest BCUT2D eigenvalue weighted by Crippen LogP contribution is -2.41. The quantitative estimate of drug-likeness (QED) is 0.656. The summed E-state index contributed by atoms with van der Waals surface area (Å²) in [6.07, 6.45) is 1.10. The van der Waals surface area contributed by atoms with Gasteiger partial charge >= 0.3 is 0 Å². The maximum absolute atomic E-state index is 12.8. The summed E-state index contributed by atoms with van der Waals surface area (Å²) in [6, 6.07) is 10.8. The number of hydrogen-bond acceptors (Lipinski definition) is 5. The van der Waals surface area contributed by atoms with E-state index in [9.17, 15) is 13.2 Å². The highest BCUT2D eigenvalue weighted by Crippen LogP contribution is 2.31. The van der Waals surface area contributed by atoms with Crippen LogP contribution in [0.3, 0.4) is 0 Å². The van der Waals surface area contributed by atoms with E-state index in [-0.39, 0.29) is 12.5 Å². The van der Waals surface area contributed by atoms with E-state index in [2.05, 4.69) is 0 Å². The number of benzene rings is 2. The fraction of sp³-hybridized carbons (Fsp3) is 0.381. The molecule has 0 radical (unpaired) electrons. The van der Waals surface area contributed by atoms with Crippen molar-refractivity contribution in [2.75, 3.05) is 38.4 Å². The number of carbonyl (C=O) groups is 1. The molecular formula is C21H28N2O5S. The molecule has 0 atom stereocenters. The van der Waals surface area contributed by atoms with E-state index in [1.165, 1.54) is 4.90 Å². The van der Waals surface area contributed by atoms with Gasteiger partial charge in [-0.15, -0.1) is 0 Å². The molecular weight excluding hydrogens is 392 g/mol. The molecule has 0 heterocycles. The number of methoxy groups -OCH3 is 2. The molecule has 0 aliphatic heterocycles. The second kappa shape index (κ2) is 9.17. The van der Waals surface area contributed by atoms with E-state index in [0.717, 1.165) is 27.3 Å². The molecule has 0 aliphatic rings. The highest BCUT2D eigenvalue weighted by Gasteiger charge is 2.24. The predicted molar refractivity (Wildman–Crippen MR) is 114 cm³/mol. The zero-order valence-electron chi connectivity index (χ0n) is 17.7. The minimum absolute atomic E-state index is 0.271. The van der Waals surface area contributed by atoms with E-state index >= 15 is 0 Å². The molecule has 29 heavy (non-hydrogen) atoms. The van der Waals surface area contributed by atoms with Gasteiger partial charge in [-0.2, -0.15) is 0 Å². The molecule has 2 rings (SSSR count). The van der Waals surface area contributed by atoms with Gasteiger partial charge in [0.2, 0.25) is 15.9 Å². The van der Waals surface area contributed by atoms with E-state index in [1.807, 2.05) is 38.1 Å². The summed E-state index contributed by atoms with van der Waals surface area (Å²) >= 11 is 0. The van der Waals surface area contributed by atoms with Crippen LogP contribution in [-0.2, 0) is 21.4 Å². The van der Waals surface area contributed by atoms with Crippen LogP contribution in [0, 0.1) is 13.8 Å². The summed E-state index contributed by atoms with van der Waals surface area (Å²) in [5.41, 5.74) is 3.12. The molecule has 0 spiro atoms. The van der Waals surface area contributed by atoms with Crippen molar-refractivity contribution in [2.24, 2.45) is 0 Å². The Kier molecular flexibility index (Phi) is 7.13. The Bertz CT molecular complexity index is 989. The van der Waals surface area contributed by atoms with Crippen molar-refractivity contribution in [3.63, 3.8) is 0 Å². The van der Waals surface area contributed by atoms with E-state index in [1.54, 1.807) is 33.4 Å². The second-order valence-electron chi connectivity index (χ2n) is 6.94. The molecule has 7 nitrogen and oxygen atoms in total. The van der Waals surface area contributed by atoms with Crippen LogP contribution in [0.2, 0.25) is 0 Å². The minimum atomic E-state index is -3.62.